The smallest absolute Gasteiger partial charge is 0.231 e. The van der Waals surface area contributed by atoms with E-state index in [4.69, 9.17) is 30.5 Å². The zero-order valence-corrected chi connectivity index (χ0v) is 9.75. The molecular formula is C11H13ClO4. The molecular weight excluding hydrogens is 232 g/mol. The highest BCUT2D eigenvalue weighted by Gasteiger charge is 2.16. The first-order chi connectivity index (χ1) is 7.81. The number of fused-ring (bicyclic) bond motifs is 1. The Morgan fingerprint density at radius 1 is 1.25 bits per heavy atom. The first kappa shape index (κ1) is 11.5. The first-order valence-corrected chi connectivity index (χ1v) is 5.34. The molecule has 0 fully saturated rings. The first-order valence-electron chi connectivity index (χ1n) is 4.96. The van der Waals surface area contributed by atoms with Gasteiger partial charge in [0.2, 0.25) is 6.79 Å². The van der Waals surface area contributed by atoms with Gasteiger partial charge >= 0.3 is 0 Å². The molecule has 1 aromatic carbocycles. The molecule has 0 bridgehead atoms. The van der Waals surface area contributed by atoms with Gasteiger partial charge in [0, 0.05) is 18.7 Å². The number of ether oxygens (including phenoxy) is 4. The highest BCUT2D eigenvalue weighted by Crippen LogP contribution is 2.36. The Labute approximate surface area is 99.0 Å². The Bertz CT molecular complexity index is 367. The van der Waals surface area contributed by atoms with Crippen molar-refractivity contribution in [3.8, 4) is 11.5 Å². The van der Waals surface area contributed by atoms with Crippen molar-refractivity contribution in [1.82, 2.24) is 0 Å². The zero-order chi connectivity index (χ0) is 11.4. The summed E-state index contributed by atoms with van der Waals surface area (Å²) in [5, 5.41) is 0.627. The maximum atomic E-state index is 6.07. The van der Waals surface area contributed by atoms with E-state index >= 15 is 0 Å². The van der Waals surface area contributed by atoms with Crippen molar-refractivity contribution in [3.63, 3.8) is 0 Å². The van der Waals surface area contributed by atoms with Gasteiger partial charge in [-0.1, -0.05) is 11.6 Å². The summed E-state index contributed by atoms with van der Waals surface area (Å²) in [7, 11) is 1.64. The second-order valence-electron chi connectivity index (χ2n) is 3.34. The SMILES string of the molecule is COCCOCc1cc2c(cc1Cl)OCO2. The minimum atomic E-state index is 0.250. The summed E-state index contributed by atoms with van der Waals surface area (Å²) in [4.78, 5) is 0. The van der Waals surface area contributed by atoms with E-state index in [0.29, 0.717) is 30.6 Å². The van der Waals surface area contributed by atoms with Gasteiger partial charge < -0.3 is 18.9 Å². The van der Waals surface area contributed by atoms with Crippen molar-refractivity contribution < 1.29 is 18.9 Å². The lowest BCUT2D eigenvalue weighted by atomic mass is 10.2. The van der Waals surface area contributed by atoms with E-state index in [0.717, 1.165) is 11.3 Å². The predicted molar refractivity (Wildman–Crippen MR) is 59.1 cm³/mol. The van der Waals surface area contributed by atoms with Gasteiger partial charge in [0.1, 0.15) is 0 Å². The molecule has 0 aliphatic carbocycles. The summed E-state index contributed by atoms with van der Waals surface area (Å²) in [6.07, 6.45) is 0. The molecule has 2 rings (SSSR count). The Kier molecular flexibility index (Phi) is 3.88. The minimum Gasteiger partial charge on any atom is -0.454 e. The van der Waals surface area contributed by atoms with Gasteiger partial charge in [0.15, 0.2) is 11.5 Å². The average molecular weight is 245 g/mol. The Morgan fingerprint density at radius 2 is 2.00 bits per heavy atom. The molecule has 0 atom stereocenters. The van der Waals surface area contributed by atoms with Gasteiger partial charge in [-0.2, -0.15) is 0 Å². The molecule has 16 heavy (non-hydrogen) atoms. The van der Waals surface area contributed by atoms with E-state index in [2.05, 4.69) is 0 Å². The Balaban J connectivity index is 1.98. The van der Waals surface area contributed by atoms with Gasteiger partial charge in [-0.15, -0.1) is 0 Å². The third-order valence-corrected chi connectivity index (χ3v) is 2.58. The highest BCUT2D eigenvalue weighted by atomic mass is 35.5. The molecule has 1 aliphatic heterocycles. The summed E-state index contributed by atoms with van der Waals surface area (Å²) in [6.45, 7) is 1.81. The third kappa shape index (κ3) is 2.58. The van der Waals surface area contributed by atoms with Gasteiger partial charge in [-0.3, -0.25) is 0 Å². The summed E-state index contributed by atoms with van der Waals surface area (Å²) in [5.74, 6) is 1.40. The van der Waals surface area contributed by atoms with Crippen molar-refractivity contribution in [2.75, 3.05) is 27.1 Å². The standard InChI is InChI=1S/C11H13ClO4/c1-13-2-3-14-6-8-4-10-11(5-9(8)12)16-7-15-10/h4-5H,2-3,6-7H2,1H3. The van der Waals surface area contributed by atoms with Gasteiger partial charge in [0.25, 0.3) is 0 Å². The van der Waals surface area contributed by atoms with Gasteiger partial charge in [-0.05, 0) is 6.07 Å². The molecule has 1 aliphatic rings. The highest BCUT2D eigenvalue weighted by molar-refractivity contribution is 6.31. The van der Waals surface area contributed by atoms with E-state index in [1.54, 1.807) is 13.2 Å². The second kappa shape index (κ2) is 5.39. The Morgan fingerprint density at radius 3 is 2.75 bits per heavy atom. The van der Waals surface area contributed by atoms with Crippen molar-refractivity contribution in [1.29, 1.82) is 0 Å². The third-order valence-electron chi connectivity index (χ3n) is 2.23. The monoisotopic (exact) mass is 244 g/mol. The van der Waals surface area contributed by atoms with Gasteiger partial charge in [0.05, 0.1) is 24.8 Å². The van der Waals surface area contributed by atoms with Crippen LogP contribution in [0.25, 0.3) is 0 Å². The van der Waals surface area contributed by atoms with Crippen LogP contribution >= 0.6 is 11.6 Å². The topological polar surface area (TPSA) is 36.9 Å². The van der Waals surface area contributed by atoms with E-state index in [-0.39, 0.29) is 6.79 Å². The molecule has 0 spiro atoms. The fraction of sp³-hybridized carbons (Fsp3) is 0.455. The number of rotatable bonds is 5. The lowest BCUT2D eigenvalue weighted by molar-refractivity contribution is 0.0616. The van der Waals surface area contributed by atoms with Crippen LogP contribution in [0.1, 0.15) is 5.56 Å². The minimum absolute atomic E-state index is 0.250. The second-order valence-corrected chi connectivity index (χ2v) is 3.75. The Hall–Kier alpha value is -0.970. The number of hydrogen-bond acceptors (Lipinski definition) is 4. The van der Waals surface area contributed by atoms with E-state index < -0.39 is 0 Å². The molecule has 1 aromatic rings. The molecule has 0 radical (unpaired) electrons. The summed E-state index contributed by atoms with van der Waals surface area (Å²) in [6, 6.07) is 3.59. The van der Waals surface area contributed by atoms with E-state index in [1.807, 2.05) is 6.07 Å². The molecule has 0 saturated carbocycles. The van der Waals surface area contributed by atoms with Crippen LogP contribution in [0, 0.1) is 0 Å². The lowest BCUT2D eigenvalue weighted by Crippen LogP contribution is -2.02. The summed E-state index contributed by atoms with van der Waals surface area (Å²) >= 11 is 6.07. The number of hydrogen-bond donors (Lipinski definition) is 0. The van der Waals surface area contributed by atoms with Crippen molar-refractivity contribution in [3.05, 3.63) is 22.7 Å². The number of benzene rings is 1. The van der Waals surface area contributed by atoms with Crippen molar-refractivity contribution in [2.24, 2.45) is 0 Å². The fourth-order valence-electron chi connectivity index (χ4n) is 1.39. The van der Waals surface area contributed by atoms with Crippen molar-refractivity contribution >= 4 is 11.6 Å². The summed E-state index contributed by atoms with van der Waals surface area (Å²) < 4.78 is 20.7. The van der Waals surface area contributed by atoms with Crippen LogP contribution in [0.15, 0.2) is 12.1 Å². The van der Waals surface area contributed by atoms with Crippen LogP contribution in [0.5, 0.6) is 11.5 Å². The molecule has 88 valence electrons. The average Bonchev–Trinajstić information content (AvgIpc) is 2.71. The van der Waals surface area contributed by atoms with Crippen LogP contribution in [0.3, 0.4) is 0 Å². The molecule has 0 saturated heterocycles. The van der Waals surface area contributed by atoms with E-state index in [1.165, 1.54) is 0 Å². The lowest BCUT2D eigenvalue weighted by Gasteiger charge is -2.07. The molecule has 4 nitrogen and oxygen atoms in total. The van der Waals surface area contributed by atoms with Crippen LogP contribution in [-0.2, 0) is 16.1 Å². The maximum absolute atomic E-state index is 6.07. The van der Waals surface area contributed by atoms with Crippen LogP contribution < -0.4 is 9.47 Å². The van der Waals surface area contributed by atoms with Gasteiger partial charge in [-0.25, -0.2) is 0 Å². The molecule has 0 aromatic heterocycles. The number of methoxy groups -OCH3 is 1. The largest absolute Gasteiger partial charge is 0.454 e. The maximum Gasteiger partial charge on any atom is 0.231 e. The molecule has 1 heterocycles. The zero-order valence-electron chi connectivity index (χ0n) is 8.99. The quantitative estimate of drug-likeness (QED) is 0.745. The fourth-order valence-corrected chi connectivity index (χ4v) is 1.60. The number of halogens is 1. The molecule has 0 amide bonds. The normalized spacial score (nSPS) is 13.1. The molecule has 5 heteroatoms. The summed E-state index contributed by atoms with van der Waals surface area (Å²) in [5.41, 5.74) is 0.891. The van der Waals surface area contributed by atoms with Crippen LogP contribution in [-0.4, -0.2) is 27.1 Å². The van der Waals surface area contributed by atoms with Crippen molar-refractivity contribution in [2.45, 2.75) is 6.61 Å². The molecule has 0 N–H and O–H groups in total. The van der Waals surface area contributed by atoms with Crippen LogP contribution in [0.4, 0.5) is 0 Å². The van der Waals surface area contributed by atoms with Crippen LogP contribution in [0.2, 0.25) is 5.02 Å². The predicted octanol–water partition coefficient (Wildman–Crippen LogP) is 2.23. The molecule has 0 unspecified atom stereocenters. The van der Waals surface area contributed by atoms with E-state index in [9.17, 15) is 0 Å².